The molecule has 4 heteroatoms. The second kappa shape index (κ2) is 3.96. The molecule has 1 N–H and O–H groups in total. The zero-order valence-corrected chi connectivity index (χ0v) is 8.68. The van der Waals surface area contributed by atoms with Crippen LogP contribution in [0.2, 0.25) is 0 Å². The Balaban J connectivity index is 2.12. The van der Waals surface area contributed by atoms with Gasteiger partial charge in [-0.15, -0.1) is 0 Å². The molecule has 2 rings (SSSR count). The Morgan fingerprint density at radius 1 is 1.33 bits per heavy atom. The van der Waals surface area contributed by atoms with Gasteiger partial charge in [0.2, 0.25) is 0 Å². The Morgan fingerprint density at radius 3 is 2.60 bits per heavy atom. The minimum atomic E-state index is 0.0641. The van der Waals surface area contributed by atoms with Gasteiger partial charge in [0, 0.05) is 18.3 Å². The first-order valence-electron chi connectivity index (χ1n) is 5.20. The highest BCUT2D eigenvalue weighted by Gasteiger charge is 2.27. The van der Waals surface area contributed by atoms with Gasteiger partial charge >= 0.3 is 0 Å². The number of aromatic hydroxyl groups is 1. The molecule has 1 saturated carbocycles. The first-order valence-corrected chi connectivity index (χ1v) is 5.20. The number of carbonyl (C=O) groups is 1. The minimum absolute atomic E-state index is 0.0641. The first-order chi connectivity index (χ1) is 7.16. The maximum Gasteiger partial charge on any atom is 0.152 e. The molecule has 0 radical (unpaired) electrons. The molecule has 0 saturated heterocycles. The number of Topliss-reactive ketones (excluding diaryl/α,β-unsaturated/α-hetero) is 1. The summed E-state index contributed by atoms with van der Waals surface area (Å²) in [5.74, 6) is 1.35. The number of hydrogen-bond donors (Lipinski definition) is 1. The lowest BCUT2D eigenvalue weighted by Crippen LogP contribution is -2.22. The lowest BCUT2D eigenvalue weighted by atomic mass is 9.81. The van der Waals surface area contributed by atoms with Gasteiger partial charge < -0.3 is 5.11 Å². The van der Waals surface area contributed by atoms with Crippen LogP contribution in [0.3, 0.4) is 0 Å². The standard InChI is InChI=1S/C11H14N2O2/c1-7-2-3-8(4-10(7)15)11-12-5-9(14)6-13-11/h5-8,14H,2-4H2,1H3. The largest absolute Gasteiger partial charge is 0.505 e. The summed E-state index contributed by atoms with van der Waals surface area (Å²) in [6.07, 6.45) is 5.16. The van der Waals surface area contributed by atoms with Crippen LogP contribution in [-0.2, 0) is 4.79 Å². The zero-order valence-electron chi connectivity index (χ0n) is 8.68. The lowest BCUT2D eigenvalue weighted by molar-refractivity contribution is -0.124. The van der Waals surface area contributed by atoms with E-state index in [0.717, 1.165) is 12.8 Å². The molecule has 0 bridgehead atoms. The maximum absolute atomic E-state index is 11.5. The topological polar surface area (TPSA) is 63.1 Å². The average molecular weight is 206 g/mol. The lowest BCUT2D eigenvalue weighted by Gasteiger charge is -2.23. The molecule has 1 aliphatic rings. The molecular formula is C11H14N2O2. The molecular weight excluding hydrogens is 192 g/mol. The molecule has 0 amide bonds. The number of aromatic nitrogens is 2. The number of rotatable bonds is 1. The summed E-state index contributed by atoms with van der Waals surface area (Å²) in [6, 6.07) is 0. The molecule has 4 nitrogen and oxygen atoms in total. The van der Waals surface area contributed by atoms with E-state index < -0.39 is 0 Å². The predicted octanol–water partition coefficient (Wildman–Crippen LogP) is 1.65. The SMILES string of the molecule is CC1CCC(c2ncc(O)cn2)CC1=O. The van der Waals surface area contributed by atoms with Crippen LogP contribution in [0.1, 0.15) is 37.9 Å². The van der Waals surface area contributed by atoms with Gasteiger partial charge in [-0.2, -0.15) is 0 Å². The van der Waals surface area contributed by atoms with Crippen LogP contribution in [0.5, 0.6) is 5.75 Å². The predicted molar refractivity (Wildman–Crippen MR) is 54.5 cm³/mol. The van der Waals surface area contributed by atoms with Gasteiger partial charge in [-0.3, -0.25) is 4.79 Å². The summed E-state index contributed by atoms with van der Waals surface area (Å²) in [4.78, 5) is 19.6. The van der Waals surface area contributed by atoms with Crippen LogP contribution in [0, 0.1) is 5.92 Å². The first kappa shape index (κ1) is 10.1. The number of nitrogens with zero attached hydrogens (tertiary/aromatic N) is 2. The van der Waals surface area contributed by atoms with E-state index in [1.807, 2.05) is 6.92 Å². The zero-order chi connectivity index (χ0) is 10.8. The van der Waals surface area contributed by atoms with E-state index in [0.29, 0.717) is 18.0 Å². The molecule has 1 heterocycles. The van der Waals surface area contributed by atoms with Crippen LogP contribution in [0.15, 0.2) is 12.4 Å². The summed E-state index contributed by atoms with van der Waals surface area (Å²) >= 11 is 0. The molecule has 0 aromatic carbocycles. The fourth-order valence-corrected chi connectivity index (χ4v) is 1.92. The van der Waals surface area contributed by atoms with Crippen molar-refractivity contribution in [3.8, 4) is 5.75 Å². The molecule has 2 unspecified atom stereocenters. The van der Waals surface area contributed by atoms with Crippen molar-refractivity contribution in [3.63, 3.8) is 0 Å². The Morgan fingerprint density at radius 2 is 2.00 bits per heavy atom. The van der Waals surface area contributed by atoms with Gasteiger partial charge in [-0.05, 0) is 12.8 Å². The van der Waals surface area contributed by atoms with E-state index in [9.17, 15) is 4.79 Å². The highest BCUT2D eigenvalue weighted by atomic mass is 16.3. The van der Waals surface area contributed by atoms with Crippen molar-refractivity contribution < 1.29 is 9.90 Å². The Labute approximate surface area is 88.4 Å². The van der Waals surface area contributed by atoms with Crippen LogP contribution in [0.4, 0.5) is 0 Å². The van der Waals surface area contributed by atoms with E-state index in [-0.39, 0.29) is 17.6 Å². The molecule has 1 aromatic heterocycles. The molecule has 0 spiro atoms. The van der Waals surface area contributed by atoms with E-state index >= 15 is 0 Å². The normalized spacial score (nSPS) is 26.6. The minimum Gasteiger partial charge on any atom is -0.505 e. The van der Waals surface area contributed by atoms with Crippen molar-refractivity contribution >= 4 is 5.78 Å². The Hall–Kier alpha value is -1.45. The third-order valence-corrected chi connectivity index (χ3v) is 2.97. The van der Waals surface area contributed by atoms with Crippen molar-refractivity contribution in [3.05, 3.63) is 18.2 Å². The molecule has 80 valence electrons. The van der Waals surface area contributed by atoms with Gasteiger partial charge in [0.15, 0.2) is 5.75 Å². The van der Waals surface area contributed by atoms with Crippen molar-refractivity contribution in [2.75, 3.05) is 0 Å². The van der Waals surface area contributed by atoms with Crippen molar-refractivity contribution in [2.45, 2.75) is 32.1 Å². The van der Waals surface area contributed by atoms with Crippen LogP contribution < -0.4 is 0 Å². The van der Waals surface area contributed by atoms with E-state index in [2.05, 4.69) is 9.97 Å². The fourth-order valence-electron chi connectivity index (χ4n) is 1.92. The summed E-state index contributed by atoms with van der Waals surface area (Å²) in [7, 11) is 0. The van der Waals surface area contributed by atoms with Crippen LogP contribution >= 0.6 is 0 Å². The Bertz CT molecular complexity index is 361. The molecule has 15 heavy (non-hydrogen) atoms. The summed E-state index contributed by atoms with van der Waals surface area (Å²) in [6.45, 7) is 1.97. The van der Waals surface area contributed by atoms with E-state index in [1.165, 1.54) is 12.4 Å². The third kappa shape index (κ3) is 2.14. The number of carbonyl (C=O) groups excluding carboxylic acids is 1. The maximum atomic E-state index is 11.5. The van der Waals surface area contributed by atoms with E-state index in [4.69, 9.17) is 5.11 Å². The monoisotopic (exact) mass is 206 g/mol. The molecule has 1 fully saturated rings. The summed E-state index contributed by atoms with van der Waals surface area (Å²) < 4.78 is 0. The fraction of sp³-hybridized carbons (Fsp3) is 0.545. The molecule has 2 atom stereocenters. The van der Waals surface area contributed by atoms with Crippen molar-refractivity contribution in [2.24, 2.45) is 5.92 Å². The van der Waals surface area contributed by atoms with Gasteiger partial charge in [0.05, 0.1) is 12.4 Å². The van der Waals surface area contributed by atoms with Crippen molar-refractivity contribution in [1.29, 1.82) is 0 Å². The van der Waals surface area contributed by atoms with Gasteiger partial charge in [0.25, 0.3) is 0 Å². The summed E-state index contributed by atoms with van der Waals surface area (Å²) in [5.41, 5.74) is 0. The average Bonchev–Trinajstić information content (AvgIpc) is 2.23. The van der Waals surface area contributed by atoms with E-state index in [1.54, 1.807) is 0 Å². The van der Waals surface area contributed by atoms with Gasteiger partial charge in [-0.1, -0.05) is 6.92 Å². The van der Waals surface area contributed by atoms with Crippen molar-refractivity contribution in [1.82, 2.24) is 9.97 Å². The quantitative estimate of drug-likeness (QED) is 0.759. The highest BCUT2D eigenvalue weighted by molar-refractivity contribution is 5.82. The summed E-state index contributed by atoms with van der Waals surface area (Å²) in [5, 5.41) is 9.06. The van der Waals surface area contributed by atoms with Crippen LogP contribution in [0.25, 0.3) is 0 Å². The van der Waals surface area contributed by atoms with Gasteiger partial charge in [0.1, 0.15) is 11.6 Å². The Kier molecular flexibility index (Phi) is 2.66. The second-order valence-electron chi connectivity index (χ2n) is 4.15. The molecule has 1 aliphatic carbocycles. The highest BCUT2D eigenvalue weighted by Crippen LogP contribution is 2.31. The molecule has 1 aromatic rings. The second-order valence-corrected chi connectivity index (χ2v) is 4.15. The van der Waals surface area contributed by atoms with Gasteiger partial charge in [-0.25, -0.2) is 9.97 Å². The smallest absolute Gasteiger partial charge is 0.152 e. The molecule has 0 aliphatic heterocycles. The third-order valence-electron chi connectivity index (χ3n) is 2.97. The number of ketones is 1. The van der Waals surface area contributed by atoms with Crippen LogP contribution in [-0.4, -0.2) is 20.9 Å². The number of hydrogen-bond acceptors (Lipinski definition) is 4.